The monoisotopic (exact) mass is 400 g/mol. The Morgan fingerprint density at radius 3 is 2.50 bits per heavy atom. The molecule has 2 N–H and O–H groups in total. The lowest BCUT2D eigenvalue weighted by Gasteiger charge is -2.29. The molecule has 0 aliphatic rings. The summed E-state index contributed by atoms with van der Waals surface area (Å²) >= 11 is 0. The first-order valence-electron chi connectivity index (χ1n) is 8.96. The zero-order chi connectivity index (χ0) is 20.9. The van der Waals surface area contributed by atoms with Gasteiger partial charge >= 0.3 is 6.18 Å². The van der Waals surface area contributed by atoms with E-state index in [-0.39, 0.29) is 6.54 Å². The van der Waals surface area contributed by atoms with E-state index in [0.29, 0.717) is 19.0 Å². The molecule has 0 aliphatic carbocycles. The van der Waals surface area contributed by atoms with Crippen molar-refractivity contribution < 1.29 is 18.3 Å². The van der Waals surface area contributed by atoms with Crippen LogP contribution < -0.4 is 5.32 Å². The van der Waals surface area contributed by atoms with Crippen LogP contribution in [-0.2, 0) is 26.2 Å². The molecule has 0 radical (unpaired) electrons. The molecular weight excluding hydrogens is 373 g/mol. The fourth-order valence-corrected chi connectivity index (χ4v) is 2.92. The molecule has 7 nitrogen and oxygen atoms in total. The van der Waals surface area contributed by atoms with E-state index in [1.807, 2.05) is 48.8 Å². The molecule has 0 aromatic carbocycles. The van der Waals surface area contributed by atoms with Gasteiger partial charge < -0.3 is 24.5 Å². The molecule has 0 saturated heterocycles. The van der Waals surface area contributed by atoms with Gasteiger partial charge in [-0.1, -0.05) is 0 Å². The van der Waals surface area contributed by atoms with Crippen LogP contribution in [-0.4, -0.2) is 56.4 Å². The van der Waals surface area contributed by atoms with E-state index in [2.05, 4.69) is 15.3 Å². The molecule has 2 heterocycles. The summed E-state index contributed by atoms with van der Waals surface area (Å²) in [6.07, 6.45) is -0.979. The lowest BCUT2D eigenvalue weighted by atomic mass is 9.98. The van der Waals surface area contributed by atoms with Crippen LogP contribution >= 0.6 is 0 Å². The fourth-order valence-electron chi connectivity index (χ4n) is 2.92. The highest BCUT2D eigenvalue weighted by Crippen LogP contribution is 2.40. The Hall–Kier alpha value is -2.49. The maximum Gasteiger partial charge on any atom is 0.424 e. The minimum absolute atomic E-state index is 0.220. The summed E-state index contributed by atoms with van der Waals surface area (Å²) in [6, 6.07) is 3.88. The summed E-state index contributed by atoms with van der Waals surface area (Å²) in [5.41, 5.74) is -2.03. The summed E-state index contributed by atoms with van der Waals surface area (Å²) in [5, 5.41) is 13.5. The lowest BCUT2D eigenvalue weighted by molar-refractivity contribution is -0.272. The van der Waals surface area contributed by atoms with Gasteiger partial charge in [-0.25, -0.2) is 4.98 Å². The number of aliphatic hydroxyl groups is 1. The molecule has 2 aromatic rings. The second kappa shape index (κ2) is 8.68. The smallest absolute Gasteiger partial charge is 0.374 e. The van der Waals surface area contributed by atoms with Crippen molar-refractivity contribution in [3.8, 4) is 0 Å². The predicted molar refractivity (Wildman–Crippen MR) is 101 cm³/mol. The molecule has 0 spiro atoms. The number of halogens is 3. The highest BCUT2D eigenvalue weighted by atomic mass is 19.4. The number of aromatic nitrogens is 3. The first kappa shape index (κ1) is 21.8. The molecule has 1 unspecified atom stereocenters. The van der Waals surface area contributed by atoms with Gasteiger partial charge in [0.1, 0.15) is 5.82 Å². The SMILES string of the molecule is CCNC(=NCCC(O)(c1nccn1C)C(F)(F)F)N(C)Cc1cccn1C. The third-order valence-electron chi connectivity index (χ3n) is 4.54. The lowest BCUT2D eigenvalue weighted by Crippen LogP contribution is -2.45. The number of guanidine groups is 1. The molecule has 0 saturated carbocycles. The number of nitrogens with one attached hydrogen (secondary N) is 1. The number of hydrogen-bond donors (Lipinski definition) is 2. The van der Waals surface area contributed by atoms with Crippen molar-refractivity contribution in [3.63, 3.8) is 0 Å². The Balaban J connectivity index is 2.16. The summed E-state index contributed by atoms with van der Waals surface area (Å²) < 4.78 is 43.9. The average Bonchev–Trinajstić information content (AvgIpc) is 3.21. The summed E-state index contributed by atoms with van der Waals surface area (Å²) in [6.45, 7) is 2.77. The molecule has 10 heteroatoms. The van der Waals surface area contributed by atoms with E-state index in [4.69, 9.17) is 0 Å². The Bertz CT molecular complexity index is 797. The Labute approximate surface area is 162 Å². The van der Waals surface area contributed by atoms with Gasteiger partial charge in [-0.3, -0.25) is 4.99 Å². The molecule has 156 valence electrons. The summed E-state index contributed by atoms with van der Waals surface area (Å²) in [4.78, 5) is 9.81. The van der Waals surface area contributed by atoms with Crippen LogP contribution in [0.4, 0.5) is 13.2 Å². The van der Waals surface area contributed by atoms with Gasteiger partial charge in [0.2, 0.25) is 5.60 Å². The second-order valence-corrected chi connectivity index (χ2v) is 6.67. The normalized spacial score (nSPS) is 14.8. The molecule has 1 atom stereocenters. The fraction of sp³-hybridized carbons (Fsp3) is 0.556. The van der Waals surface area contributed by atoms with E-state index in [1.54, 1.807) is 0 Å². The number of aryl methyl sites for hydroxylation is 2. The van der Waals surface area contributed by atoms with E-state index in [9.17, 15) is 18.3 Å². The standard InChI is InChI=1S/C18H27F3N6O/c1-5-22-16(27(4)13-14-7-6-11-25(14)2)24-9-8-17(28,18(19,20)21)15-23-10-12-26(15)3/h6-7,10-12,28H,5,8-9,13H2,1-4H3,(H,22,24). The van der Waals surface area contributed by atoms with Crippen molar-refractivity contribution in [1.82, 2.24) is 24.3 Å². The maximum absolute atomic E-state index is 13.6. The number of hydrogen-bond acceptors (Lipinski definition) is 3. The van der Waals surface area contributed by atoms with Crippen molar-refractivity contribution in [3.05, 3.63) is 42.2 Å². The van der Waals surface area contributed by atoms with Gasteiger partial charge in [-0.15, -0.1) is 0 Å². The first-order valence-corrected chi connectivity index (χ1v) is 8.96. The Morgan fingerprint density at radius 2 is 2.00 bits per heavy atom. The van der Waals surface area contributed by atoms with Crippen LogP contribution in [0.3, 0.4) is 0 Å². The van der Waals surface area contributed by atoms with Gasteiger partial charge in [0.05, 0.1) is 6.54 Å². The highest BCUT2D eigenvalue weighted by molar-refractivity contribution is 5.79. The van der Waals surface area contributed by atoms with Crippen LogP contribution in [0, 0.1) is 0 Å². The van der Waals surface area contributed by atoms with Crippen molar-refractivity contribution in [2.75, 3.05) is 20.1 Å². The number of imidazole rings is 1. The maximum atomic E-state index is 13.6. The summed E-state index contributed by atoms with van der Waals surface area (Å²) in [5.74, 6) is 0.0189. The molecule has 0 fully saturated rings. The molecular formula is C18H27F3N6O. The average molecular weight is 400 g/mol. The van der Waals surface area contributed by atoms with Crippen molar-refractivity contribution >= 4 is 5.96 Å². The van der Waals surface area contributed by atoms with E-state index < -0.39 is 24.0 Å². The quantitative estimate of drug-likeness (QED) is 0.551. The number of rotatable bonds is 7. The topological polar surface area (TPSA) is 70.6 Å². The highest BCUT2D eigenvalue weighted by Gasteiger charge is 2.57. The number of alkyl halides is 3. The number of aliphatic imine (C=N–C) groups is 1. The van der Waals surface area contributed by atoms with E-state index in [1.165, 1.54) is 24.0 Å². The minimum Gasteiger partial charge on any atom is -0.374 e. The molecule has 0 aliphatic heterocycles. The summed E-state index contributed by atoms with van der Waals surface area (Å²) in [7, 11) is 5.15. The third kappa shape index (κ3) is 4.67. The van der Waals surface area contributed by atoms with E-state index >= 15 is 0 Å². The van der Waals surface area contributed by atoms with E-state index in [0.717, 1.165) is 5.69 Å². The van der Waals surface area contributed by atoms with Crippen LogP contribution in [0.2, 0.25) is 0 Å². The van der Waals surface area contributed by atoms with Gasteiger partial charge in [0, 0.05) is 64.9 Å². The Morgan fingerprint density at radius 1 is 1.29 bits per heavy atom. The van der Waals surface area contributed by atoms with Gasteiger partial charge in [0.15, 0.2) is 5.96 Å². The predicted octanol–water partition coefficient (Wildman–Crippen LogP) is 2.00. The molecule has 0 bridgehead atoms. The number of nitrogens with zero attached hydrogens (tertiary/aromatic N) is 5. The van der Waals surface area contributed by atoms with Crippen molar-refractivity contribution in [1.29, 1.82) is 0 Å². The second-order valence-electron chi connectivity index (χ2n) is 6.67. The zero-order valence-electron chi connectivity index (χ0n) is 16.5. The largest absolute Gasteiger partial charge is 0.424 e. The van der Waals surface area contributed by atoms with Crippen molar-refractivity contribution in [2.24, 2.45) is 19.1 Å². The molecule has 0 amide bonds. The van der Waals surface area contributed by atoms with Crippen LogP contribution in [0.15, 0.2) is 35.7 Å². The minimum atomic E-state index is -4.87. The van der Waals surface area contributed by atoms with Gasteiger partial charge in [0.25, 0.3) is 0 Å². The van der Waals surface area contributed by atoms with Crippen molar-refractivity contribution in [2.45, 2.75) is 31.7 Å². The van der Waals surface area contributed by atoms with Gasteiger partial charge in [-0.05, 0) is 19.1 Å². The van der Waals surface area contributed by atoms with Crippen LogP contribution in [0.5, 0.6) is 0 Å². The zero-order valence-corrected chi connectivity index (χ0v) is 16.5. The first-order chi connectivity index (χ1) is 13.1. The molecule has 28 heavy (non-hydrogen) atoms. The van der Waals surface area contributed by atoms with Crippen LogP contribution in [0.25, 0.3) is 0 Å². The molecule has 2 aromatic heterocycles. The Kier molecular flexibility index (Phi) is 6.76. The van der Waals surface area contributed by atoms with Gasteiger partial charge in [-0.2, -0.15) is 13.2 Å². The molecule has 2 rings (SSSR count). The van der Waals surface area contributed by atoms with Crippen LogP contribution in [0.1, 0.15) is 24.9 Å². The third-order valence-corrected chi connectivity index (χ3v) is 4.54.